The maximum atomic E-state index is 4.95. The number of benzene rings is 1. The van der Waals surface area contributed by atoms with Crippen LogP contribution < -0.4 is 10.7 Å². The molecule has 4 nitrogen and oxygen atoms in total. The van der Waals surface area contributed by atoms with Crippen molar-refractivity contribution in [3.05, 3.63) is 54.1 Å². The maximum Gasteiger partial charge on any atom is 0.193 e. The summed E-state index contributed by atoms with van der Waals surface area (Å²) in [4.78, 5) is 4.16. The van der Waals surface area contributed by atoms with Crippen LogP contribution in [0.5, 0.6) is 0 Å². The molecule has 1 aromatic heterocycles. The Morgan fingerprint density at radius 2 is 2.06 bits per heavy atom. The summed E-state index contributed by atoms with van der Waals surface area (Å²) in [6.07, 6.45) is 3.53. The monoisotopic (exact) mass is 244 g/mol. The summed E-state index contributed by atoms with van der Waals surface area (Å²) in [5.74, 6) is 0. The first-order valence-electron chi connectivity index (χ1n) is 5.16. The van der Waals surface area contributed by atoms with Crippen LogP contribution in [0, 0.1) is 0 Å². The second-order valence-corrected chi connectivity index (χ2v) is 3.72. The van der Waals surface area contributed by atoms with E-state index in [4.69, 9.17) is 12.2 Å². The van der Waals surface area contributed by atoms with Gasteiger partial charge in [-0.2, -0.15) is 5.10 Å². The van der Waals surface area contributed by atoms with E-state index in [0.29, 0.717) is 5.11 Å². The van der Waals surface area contributed by atoms with Gasteiger partial charge in [0, 0.05) is 13.2 Å². The highest BCUT2D eigenvalue weighted by atomic mass is 32.1. The van der Waals surface area contributed by atoms with Crippen LogP contribution in [0.1, 0.15) is 0 Å². The smallest absolute Gasteiger partial charge is 0.193 e. The standard InChI is InChI=1S/C12H12N4S/c1-13-12(17)15-10-7-8-16(14-9-10)11-5-3-2-4-6-11/h2-9H,1H3,(H,13,17). The largest absolute Gasteiger partial charge is 0.364 e. The molecule has 0 saturated carbocycles. The summed E-state index contributed by atoms with van der Waals surface area (Å²) >= 11 is 4.95. The average molecular weight is 244 g/mol. The molecule has 2 rings (SSSR count). The summed E-state index contributed by atoms with van der Waals surface area (Å²) in [5, 5.41) is 8.24. The van der Waals surface area contributed by atoms with Crippen molar-refractivity contribution in [2.75, 3.05) is 7.05 Å². The normalized spacial score (nSPS) is 11.2. The topological polar surface area (TPSA) is 42.2 Å². The Kier molecular flexibility index (Phi) is 3.62. The third-order valence-electron chi connectivity index (χ3n) is 2.17. The molecule has 1 heterocycles. The van der Waals surface area contributed by atoms with Gasteiger partial charge in [0.15, 0.2) is 5.11 Å². The molecule has 0 radical (unpaired) electrons. The molecular formula is C12H12N4S. The van der Waals surface area contributed by atoms with Gasteiger partial charge in [-0.15, -0.1) is 0 Å². The quantitative estimate of drug-likeness (QED) is 0.768. The van der Waals surface area contributed by atoms with Crippen LogP contribution in [-0.2, 0) is 0 Å². The molecule has 0 saturated heterocycles. The first-order chi connectivity index (χ1) is 8.29. The number of hydrogen-bond acceptors (Lipinski definition) is 2. The van der Waals surface area contributed by atoms with Gasteiger partial charge in [-0.1, -0.05) is 18.2 Å². The Bertz CT molecular complexity index is 554. The van der Waals surface area contributed by atoms with Crippen molar-refractivity contribution in [1.29, 1.82) is 0 Å². The third-order valence-corrected chi connectivity index (χ3v) is 2.46. The number of thiocarbonyl (C=S) groups is 1. The van der Waals surface area contributed by atoms with Crippen LogP contribution in [0.15, 0.2) is 53.8 Å². The zero-order valence-electron chi connectivity index (χ0n) is 9.37. The predicted octanol–water partition coefficient (Wildman–Crippen LogP) is 1.28. The highest BCUT2D eigenvalue weighted by molar-refractivity contribution is 7.80. The SMILES string of the molecule is CNC(=S)N=c1ccn(-c2ccccc2)nc1. The van der Waals surface area contributed by atoms with Crippen molar-refractivity contribution in [3.63, 3.8) is 0 Å². The number of nitrogens with zero attached hydrogens (tertiary/aromatic N) is 3. The molecule has 86 valence electrons. The lowest BCUT2D eigenvalue weighted by Crippen LogP contribution is -2.17. The van der Waals surface area contributed by atoms with Crippen molar-refractivity contribution in [2.45, 2.75) is 0 Å². The van der Waals surface area contributed by atoms with Crippen LogP contribution >= 0.6 is 12.2 Å². The Labute approximate surface area is 105 Å². The molecule has 0 unspecified atom stereocenters. The van der Waals surface area contributed by atoms with E-state index in [-0.39, 0.29) is 0 Å². The van der Waals surface area contributed by atoms with Crippen molar-refractivity contribution < 1.29 is 0 Å². The van der Waals surface area contributed by atoms with Crippen molar-refractivity contribution in [3.8, 4) is 5.69 Å². The van der Waals surface area contributed by atoms with Gasteiger partial charge < -0.3 is 5.32 Å². The minimum atomic E-state index is 0.448. The third kappa shape index (κ3) is 2.98. The average Bonchev–Trinajstić information content (AvgIpc) is 2.40. The van der Waals surface area contributed by atoms with Gasteiger partial charge in [0.05, 0.1) is 17.2 Å². The summed E-state index contributed by atoms with van der Waals surface area (Å²) < 4.78 is 1.78. The van der Waals surface area contributed by atoms with E-state index in [1.165, 1.54) is 0 Å². The molecular weight excluding hydrogens is 232 g/mol. The van der Waals surface area contributed by atoms with Gasteiger partial charge in [0.2, 0.25) is 0 Å². The van der Waals surface area contributed by atoms with E-state index in [2.05, 4.69) is 15.4 Å². The van der Waals surface area contributed by atoms with Gasteiger partial charge in [0.25, 0.3) is 0 Å². The Morgan fingerprint density at radius 3 is 2.65 bits per heavy atom. The van der Waals surface area contributed by atoms with Crippen LogP contribution in [-0.4, -0.2) is 21.9 Å². The first kappa shape index (κ1) is 11.5. The van der Waals surface area contributed by atoms with Gasteiger partial charge in [-0.05, 0) is 30.4 Å². The molecule has 2 aromatic rings. The molecule has 0 aliphatic heterocycles. The highest BCUT2D eigenvalue weighted by Crippen LogP contribution is 2.02. The molecule has 0 aliphatic rings. The number of aromatic nitrogens is 2. The van der Waals surface area contributed by atoms with Gasteiger partial charge in [-0.3, -0.25) is 0 Å². The summed E-state index contributed by atoms with van der Waals surface area (Å²) in [5.41, 5.74) is 1.01. The molecule has 0 spiro atoms. The summed E-state index contributed by atoms with van der Waals surface area (Å²) in [6, 6.07) is 11.8. The zero-order chi connectivity index (χ0) is 12.1. The lowest BCUT2D eigenvalue weighted by atomic mass is 10.3. The Morgan fingerprint density at radius 1 is 1.29 bits per heavy atom. The van der Waals surface area contributed by atoms with Gasteiger partial charge >= 0.3 is 0 Å². The van der Waals surface area contributed by atoms with Crippen molar-refractivity contribution in [2.24, 2.45) is 4.99 Å². The van der Waals surface area contributed by atoms with Gasteiger partial charge in [0.1, 0.15) is 0 Å². The summed E-state index contributed by atoms with van der Waals surface area (Å²) in [7, 11) is 1.74. The minimum absolute atomic E-state index is 0.448. The fraction of sp³-hybridized carbons (Fsp3) is 0.0833. The molecule has 1 N–H and O–H groups in total. The van der Waals surface area contributed by atoms with Crippen LogP contribution in [0.25, 0.3) is 5.69 Å². The summed E-state index contributed by atoms with van der Waals surface area (Å²) in [6.45, 7) is 0. The minimum Gasteiger partial charge on any atom is -0.364 e. The van der Waals surface area contributed by atoms with Crippen LogP contribution in [0.2, 0.25) is 0 Å². The number of rotatable bonds is 1. The molecule has 0 bridgehead atoms. The number of nitrogens with one attached hydrogen (secondary N) is 1. The molecule has 0 aliphatic carbocycles. The fourth-order valence-electron chi connectivity index (χ4n) is 1.32. The molecule has 0 atom stereocenters. The molecule has 0 amide bonds. The van der Waals surface area contributed by atoms with Crippen molar-refractivity contribution >= 4 is 17.3 Å². The van der Waals surface area contributed by atoms with Crippen molar-refractivity contribution in [1.82, 2.24) is 15.1 Å². The molecule has 17 heavy (non-hydrogen) atoms. The van der Waals surface area contributed by atoms with E-state index in [1.54, 1.807) is 17.9 Å². The maximum absolute atomic E-state index is 4.95. The van der Waals surface area contributed by atoms with E-state index in [0.717, 1.165) is 11.0 Å². The van der Waals surface area contributed by atoms with Gasteiger partial charge in [-0.25, -0.2) is 9.67 Å². The molecule has 1 aromatic carbocycles. The molecule has 5 heteroatoms. The lowest BCUT2D eigenvalue weighted by Gasteiger charge is -2.03. The zero-order valence-corrected chi connectivity index (χ0v) is 10.2. The second kappa shape index (κ2) is 5.36. The highest BCUT2D eigenvalue weighted by Gasteiger charge is 1.93. The van der Waals surface area contributed by atoms with Crippen LogP contribution in [0.4, 0.5) is 0 Å². The first-order valence-corrected chi connectivity index (χ1v) is 5.57. The Hall–Kier alpha value is -2.01. The van der Waals surface area contributed by atoms with E-state index in [9.17, 15) is 0 Å². The number of hydrogen-bond donors (Lipinski definition) is 1. The predicted molar refractivity (Wildman–Crippen MR) is 70.8 cm³/mol. The van der Waals surface area contributed by atoms with E-state index in [1.807, 2.05) is 42.6 Å². The Balaban J connectivity index is 2.31. The fourth-order valence-corrected chi connectivity index (χ4v) is 1.43. The lowest BCUT2D eigenvalue weighted by molar-refractivity contribution is 0.832. The number of para-hydroxylation sites is 1. The van der Waals surface area contributed by atoms with E-state index >= 15 is 0 Å². The van der Waals surface area contributed by atoms with E-state index < -0.39 is 0 Å². The van der Waals surface area contributed by atoms with Crippen LogP contribution in [0.3, 0.4) is 0 Å². The molecule has 0 fully saturated rings. The second-order valence-electron chi connectivity index (χ2n) is 3.33.